The molecule has 1 fully saturated rings. The number of nitrogens with two attached hydrogens (primary N) is 1. The highest BCUT2D eigenvalue weighted by atomic mass is 32.1. The molecular formula is C20H24N4O3S. The molecule has 1 saturated heterocycles. The van der Waals surface area contributed by atoms with Gasteiger partial charge in [-0.15, -0.1) is 11.3 Å². The van der Waals surface area contributed by atoms with Crippen LogP contribution in [0.3, 0.4) is 0 Å². The zero-order valence-electron chi connectivity index (χ0n) is 15.9. The smallest absolute Gasteiger partial charge is 0.229 e. The molecule has 7 nitrogen and oxygen atoms in total. The highest BCUT2D eigenvalue weighted by molar-refractivity contribution is 7.13. The standard InChI is InChI=1S/C20H24N4O3S/c1-14(25)23-8-6-20(7-9-23)13-24(11-15-4-2-3-5-17(15)27-20)18(26)10-16-12-28-19(21)22-16/h2-5,12H,6-11,13H2,1H3,(H2,21,22). The average molecular weight is 401 g/mol. The minimum atomic E-state index is -0.477. The number of hydrogen-bond acceptors (Lipinski definition) is 6. The minimum absolute atomic E-state index is 0.0129. The van der Waals surface area contributed by atoms with E-state index in [1.165, 1.54) is 11.3 Å². The number of benzene rings is 1. The third kappa shape index (κ3) is 3.82. The van der Waals surface area contributed by atoms with Crippen LogP contribution < -0.4 is 10.5 Å². The van der Waals surface area contributed by atoms with Crippen molar-refractivity contribution in [2.24, 2.45) is 0 Å². The summed E-state index contributed by atoms with van der Waals surface area (Å²) in [5.41, 5.74) is 6.92. The number of nitrogens with zero attached hydrogens (tertiary/aromatic N) is 3. The molecule has 1 spiro atoms. The number of carbonyl (C=O) groups excluding carboxylic acids is 2. The number of nitrogen functional groups attached to an aromatic ring is 1. The number of hydrogen-bond donors (Lipinski definition) is 1. The van der Waals surface area contributed by atoms with Gasteiger partial charge in [-0.25, -0.2) is 4.98 Å². The molecule has 28 heavy (non-hydrogen) atoms. The van der Waals surface area contributed by atoms with Gasteiger partial charge in [-0.1, -0.05) is 18.2 Å². The van der Waals surface area contributed by atoms with Crippen molar-refractivity contribution in [1.29, 1.82) is 0 Å². The summed E-state index contributed by atoms with van der Waals surface area (Å²) in [6.45, 7) is 3.89. The number of rotatable bonds is 2. The number of amides is 2. The number of fused-ring (bicyclic) bond motifs is 1. The minimum Gasteiger partial charge on any atom is -0.485 e. The lowest BCUT2D eigenvalue weighted by Crippen LogP contribution is -2.55. The Morgan fingerprint density at radius 2 is 2.00 bits per heavy atom. The van der Waals surface area contributed by atoms with Crippen LogP contribution in [-0.4, -0.2) is 51.8 Å². The summed E-state index contributed by atoms with van der Waals surface area (Å²) in [6, 6.07) is 7.87. The molecule has 2 aromatic rings. The van der Waals surface area contributed by atoms with Crippen molar-refractivity contribution in [3.63, 3.8) is 0 Å². The Bertz CT molecular complexity index is 889. The first-order valence-electron chi connectivity index (χ1n) is 9.44. The SMILES string of the molecule is CC(=O)N1CCC2(CC1)CN(C(=O)Cc1csc(N)n1)Cc1ccccc1O2. The van der Waals surface area contributed by atoms with E-state index in [9.17, 15) is 9.59 Å². The van der Waals surface area contributed by atoms with Crippen LogP contribution in [0.4, 0.5) is 5.13 Å². The van der Waals surface area contributed by atoms with Gasteiger partial charge in [-0.05, 0) is 6.07 Å². The van der Waals surface area contributed by atoms with Crippen molar-refractivity contribution in [3.05, 3.63) is 40.9 Å². The molecule has 1 aromatic carbocycles. The number of para-hydroxylation sites is 1. The van der Waals surface area contributed by atoms with Crippen LogP contribution >= 0.6 is 11.3 Å². The summed E-state index contributed by atoms with van der Waals surface area (Å²) in [4.78, 5) is 32.7. The van der Waals surface area contributed by atoms with Crippen LogP contribution in [0.2, 0.25) is 0 Å². The number of aromatic nitrogens is 1. The largest absolute Gasteiger partial charge is 0.485 e. The molecule has 3 heterocycles. The highest BCUT2D eigenvalue weighted by Gasteiger charge is 2.42. The van der Waals surface area contributed by atoms with Gasteiger partial charge in [0.2, 0.25) is 11.8 Å². The average Bonchev–Trinajstić information content (AvgIpc) is 3.00. The zero-order valence-corrected chi connectivity index (χ0v) is 16.7. The quantitative estimate of drug-likeness (QED) is 0.834. The maximum atomic E-state index is 13.1. The van der Waals surface area contributed by atoms with Gasteiger partial charge in [0.05, 0.1) is 18.7 Å². The van der Waals surface area contributed by atoms with Crippen LogP contribution in [0.15, 0.2) is 29.6 Å². The van der Waals surface area contributed by atoms with Gasteiger partial charge < -0.3 is 20.3 Å². The van der Waals surface area contributed by atoms with Gasteiger partial charge in [0.15, 0.2) is 5.13 Å². The molecule has 2 N–H and O–H groups in total. The topological polar surface area (TPSA) is 88.8 Å². The molecule has 2 amide bonds. The monoisotopic (exact) mass is 400 g/mol. The molecule has 0 unspecified atom stereocenters. The Hall–Kier alpha value is -2.61. The number of piperidine rings is 1. The van der Waals surface area contributed by atoms with Gasteiger partial charge in [-0.3, -0.25) is 9.59 Å². The fraction of sp³-hybridized carbons (Fsp3) is 0.450. The van der Waals surface area contributed by atoms with Crippen molar-refractivity contribution >= 4 is 28.3 Å². The van der Waals surface area contributed by atoms with Crippen molar-refractivity contribution in [3.8, 4) is 5.75 Å². The molecule has 0 aliphatic carbocycles. The second-order valence-electron chi connectivity index (χ2n) is 7.50. The van der Waals surface area contributed by atoms with Crippen LogP contribution in [0.5, 0.6) is 5.75 Å². The number of anilines is 1. The molecule has 1 aromatic heterocycles. The highest BCUT2D eigenvalue weighted by Crippen LogP contribution is 2.35. The van der Waals surface area contributed by atoms with Crippen LogP contribution in [-0.2, 0) is 22.6 Å². The van der Waals surface area contributed by atoms with E-state index in [1.807, 2.05) is 39.4 Å². The lowest BCUT2D eigenvalue weighted by atomic mass is 9.90. The van der Waals surface area contributed by atoms with E-state index in [-0.39, 0.29) is 18.2 Å². The Balaban J connectivity index is 1.58. The second kappa shape index (κ2) is 7.43. The molecule has 2 aliphatic rings. The first kappa shape index (κ1) is 18.7. The van der Waals surface area contributed by atoms with E-state index >= 15 is 0 Å². The lowest BCUT2D eigenvalue weighted by molar-refractivity contribution is -0.138. The first-order chi connectivity index (χ1) is 13.4. The van der Waals surface area contributed by atoms with Crippen LogP contribution in [0.25, 0.3) is 0 Å². The van der Waals surface area contributed by atoms with E-state index in [1.54, 1.807) is 6.92 Å². The summed E-state index contributed by atoms with van der Waals surface area (Å²) in [5.74, 6) is 0.920. The predicted octanol–water partition coefficient (Wildman–Crippen LogP) is 2.07. The molecule has 0 saturated carbocycles. The zero-order chi connectivity index (χ0) is 19.7. The molecule has 148 valence electrons. The summed E-state index contributed by atoms with van der Waals surface area (Å²) in [5, 5.41) is 2.30. The van der Waals surface area contributed by atoms with Crippen molar-refractivity contribution in [2.45, 2.75) is 38.3 Å². The first-order valence-corrected chi connectivity index (χ1v) is 10.3. The van der Waals surface area contributed by atoms with Crippen molar-refractivity contribution in [1.82, 2.24) is 14.8 Å². The summed E-state index contributed by atoms with van der Waals surface area (Å²) in [7, 11) is 0. The van der Waals surface area contributed by atoms with Gasteiger partial charge >= 0.3 is 0 Å². The second-order valence-corrected chi connectivity index (χ2v) is 8.39. The van der Waals surface area contributed by atoms with Crippen molar-refractivity contribution < 1.29 is 14.3 Å². The van der Waals surface area contributed by atoms with Gasteiger partial charge in [-0.2, -0.15) is 0 Å². The molecule has 0 radical (unpaired) electrons. The lowest BCUT2D eigenvalue weighted by Gasteiger charge is -2.42. The van der Waals surface area contributed by atoms with E-state index in [4.69, 9.17) is 10.5 Å². The number of ether oxygens (including phenoxy) is 1. The predicted molar refractivity (Wildman–Crippen MR) is 107 cm³/mol. The third-order valence-corrected chi connectivity index (χ3v) is 6.24. The van der Waals surface area contributed by atoms with Gasteiger partial charge in [0.1, 0.15) is 11.4 Å². The molecular weight excluding hydrogens is 376 g/mol. The molecule has 0 atom stereocenters. The van der Waals surface area contributed by atoms with E-state index in [2.05, 4.69) is 4.98 Å². The number of likely N-dealkylation sites (tertiary alicyclic amines) is 1. The van der Waals surface area contributed by atoms with Crippen LogP contribution in [0.1, 0.15) is 31.0 Å². The Morgan fingerprint density at radius 1 is 1.25 bits per heavy atom. The Morgan fingerprint density at radius 3 is 2.68 bits per heavy atom. The van der Waals surface area contributed by atoms with E-state index in [0.29, 0.717) is 49.8 Å². The van der Waals surface area contributed by atoms with Gasteiger partial charge in [0.25, 0.3) is 0 Å². The summed E-state index contributed by atoms with van der Waals surface area (Å²) >= 11 is 1.34. The third-order valence-electron chi connectivity index (χ3n) is 5.51. The summed E-state index contributed by atoms with van der Waals surface area (Å²) < 4.78 is 6.48. The van der Waals surface area contributed by atoms with Gasteiger partial charge in [0, 0.05) is 50.3 Å². The van der Waals surface area contributed by atoms with E-state index in [0.717, 1.165) is 11.3 Å². The fourth-order valence-electron chi connectivity index (χ4n) is 3.95. The fourth-order valence-corrected chi connectivity index (χ4v) is 4.51. The molecule has 0 bridgehead atoms. The number of thiazole rings is 1. The molecule has 8 heteroatoms. The maximum Gasteiger partial charge on any atom is 0.229 e. The Labute approximate surface area is 168 Å². The van der Waals surface area contributed by atoms with E-state index < -0.39 is 5.60 Å². The maximum absolute atomic E-state index is 13.1. The van der Waals surface area contributed by atoms with Crippen LogP contribution in [0, 0.1) is 0 Å². The summed E-state index contributed by atoms with van der Waals surface area (Å²) in [6.07, 6.45) is 1.63. The Kier molecular flexibility index (Phi) is 4.97. The van der Waals surface area contributed by atoms with Crippen molar-refractivity contribution in [2.75, 3.05) is 25.4 Å². The normalized spacial score (nSPS) is 18.3. The molecule has 4 rings (SSSR count). The number of carbonyl (C=O) groups is 2. The molecule has 2 aliphatic heterocycles.